The highest BCUT2D eigenvalue weighted by atomic mass is 32.3. The van der Waals surface area contributed by atoms with Crippen LogP contribution in [0.3, 0.4) is 0 Å². The van der Waals surface area contributed by atoms with Gasteiger partial charge in [0, 0.05) is 0 Å². The molecule has 1 aliphatic heterocycles. The van der Waals surface area contributed by atoms with Gasteiger partial charge < -0.3 is 5.32 Å². The summed E-state index contributed by atoms with van der Waals surface area (Å²) in [5.74, 6) is 0. The van der Waals surface area contributed by atoms with E-state index in [1.807, 2.05) is 54.6 Å². The third-order valence-corrected chi connectivity index (χ3v) is 5.75. The predicted octanol–water partition coefficient (Wildman–Crippen LogP) is 2.73. The highest BCUT2D eigenvalue weighted by Crippen LogP contribution is 2.28. The maximum Gasteiger partial charge on any atom is 0.296 e. The summed E-state index contributed by atoms with van der Waals surface area (Å²) in [5.41, 5.74) is 3.05. The van der Waals surface area contributed by atoms with Crippen LogP contribution < -0.4 is 5.32 Å². The van der Waals surface area contributed by atoms with Gasteiger partial charge in [-0.25, -0.2) is 0 Å². The molecule has 1 saturated heterocycles. The second kappa shape index (κ2) is 6.19. The number of thioether (sulfide) groups is 1. The Morgan fingerprint density at radius 3 is 2.17 bits per heavy atom. The molecule has 5 nitrogen and oxygen atoms in total. The van der Waals surface area contributed by atoms with Crippen LogP contribution >= 0.6 is 11.8 Å². The molecule has 2 aromatic rings. The van der Waals surface area contributed by atoms with Gasteiger partial charge in [-0.2, -0.15) is 8.42 Å². The average Bonchev–Trinajstić information content (AvgIpc) is 2.90. The van der Waals surface area contributed by atoms with Crippen LogP contribution in [-0.4, -0.2) is 22.8 Å². The Labute approximate surface area is 138 Å². The summed E-state index contributed by atoms with van der Waals surface area (Å²) < 4.78 is 29.8. The van der Waals surface area contributed by atoms with Gasteiger partial charge in [0.1, 0.15) is 0 Å². The lowest BCUT2D eigenvalue weighted by Crippen LogP contribution is -2.27. The fourth-order valence-corrected chi connectivity index (χ4v) is 3.83. The Balaban J connectivity index is 1.82. The van der Waals surface area contributed by atoms with Crippen LogP contribution in [0.2, 0.25) is 0 Å². The third-order valence-electron chi connectivity index (χ3n) is 3.31. The molecule has 118 valence electrons. The van der Waals surface area contributed by atoms with E-state index in [0.29, 0.717) is 11.8 Å². The highest BCUT2D eigenvalue weighted by molar-refractivity contribution is 8.22. The molecule has 1 atom stereocenters. The second-order valence-corrected chi connectivity index (χ2v) is 7.82. The fourth-order valence-electron chi connectivity index (χ4n) is 2.18. The fraction of sp³-hybridized carbons (Fsp3) is 0.0625. The summed E-state index contributed by atoms with van der Waals surface area (Å²) in [4.78, 5) is 11.8. The molecule has 0 aliphatic carbocycles. The first kappa shape index (κ1) is 15.8. The SMILES string of the molecule is O=C1SC(S(=O)(=O)O)NC1=Cc1ccc(-c2ccccc2)cc1. The van der Waals surface area contributed by atoms with E-state index in [9.17, 15) is 13.2 Å². The van der Waals surface area contributed by atoms with Gasteiger partial charge in [0.15, 0.2) is 0 Å². The second-order valence-electron chi connectivity index (χ2n) is 4.94. The normalized spacial score (nSPS) is 19.8. The lowest BCUT2D eigenvalue weighted by molar-refractivity contribution is -0.107. The first-order chi connectivity index (χ1) is 10.9. The third kappa shape index (κ3) is 3.64. The van der Waals surface area contributed by atoms with Crippen molar-refractivity contribution in [2.24, 2.45) is 0 Å². The molecule has 2 aromatic carbocycles. The quantitative estimate of drug-likeness (QED) is 0.656. The summed E-state index contributed by atoms with van der Waals surface area (Å²) >= 11 is 0.544. The molecule has 0 aromatic heterocycles. The van der Waals surface area contributed by atoms with Crippen LogP contribution in [0.5, 0.6) is 0 Å². The van der Waals surface area contributed by atoms with Gasteiger partial charge in [0.25, 0.3) is 10.1 Å². The molecule has 3 rings (SSSR count). The van der Waals surface area contributed by atoms with Crippen molar-refractivity contribution in [3.8, 4) is 11.1 Å². The zero-order chi connectivity index (χ0) is 16.4. The molecule has 0 saturated carbocycles. The number of nitrogens with one attached hydrogen (secondary N) is 1. The number of hydrogen-bond donors (Lipinski definition) is 2. The van der Waals surface area contributed by atoms with Crippen molar-refractivity contribution in [3.05, 3.63) is 65.9 Å². The molecule has 0 bridgehead atoms. The predicted molar refractivity (Wildman–Crippen MR) is 90.9 cm³/mol. The molecule has 0 amide bonds. The Morgan fingerprint density at radius 1 is 1.00 bits per heavy atom. The van der Waals surface area contributed by atoms with Crippen molar-refractivity contribution in [1.29, 1.82) is 0 Å². The summed E-state index contributed by atoms with van der Waals surface area (Å²) in [6.45, 7) is 0. The maximum absolute atomic E-state index is 11.8. The topological polar surface area (TPSA) is 83.5 Å². The van der Waals surface area contributed by atoms with E-state index in [0.717, 1.165) is 16.7 Å². The van der Waals surface area contributed by atoms with Gasteiger partial charge in [-0.15, -0.1) is 0 Å². The minimum absolute atomic E-state index is 0.157. The molecule has 2 N–H and O–H groups in total. The van der Waals surface area contributed by atoms with Crippen LogP contribution in [0.15, 0.2) is 60.3 Å². The molecule has 23 heavy (non-hydrogen) atoms. The van der Waals surface area contributed by atoms with Crippen molar-refractivity contribution >= 4 is 33.1 Å². The maximum atomic E-state index is 11.8. The monoisotopic (exact) mass is 347 g/mol. The Bertz CT molecular complexity index is 859. The smallest absolute Gasteiger partial charge is 0.296 e. The van der Waals surface area contributed by atoms with Crippen LogP contribution in [0, 0.1) is 0 Å². The van der Waals surface area contributed by atoms with E-state index in [4.69, 9.17) is 4.55 Å². The van der Waals surface area contributed by atoms with E-state index in [1.165, 1.54) is 0 Å². The largest absolute Gasteiger partial charge is 0.355 e. The van der Waals surface area contributed by atoms with Gasteiger partial charge in [-0.05, 0) is 34.5 Å². The molecular formula is C16H13NO4S2. The molecule has 1 aliphatic rings. The molecule has 1 fully saturated rings. The van der Waals surface area contributed by atoms with Crippen LogP contribution in [0.4, 0.5) is 0 Å². The van der Waals surface area contributed by atoms with Gasteiger partial charge in [-0.3, -0.25) is 9.35 Å². The lowest BCUT2D eigenvalue weighted by atomic mass is 10.0. The van der Waals surface area contributed by atoms with Crippen molar-refractivity contribution in [2.45, 2.75) is 4.71 Å². The molecule has 7 heteroatoms. The Hall–Kier alpha value is -2.09. The van der Waals surface area contributed by atoms with Crippen molar-refractivity contribution in [3.63, 3.8) is 0 Å². The van der Waals surface area contributed by atoms with Crippen LogP contribution in [-0.2, 0) is 14.9 Å². The van der Waals surface area contributed by atoms with Gasteiger partial charge in [-0.1, -0.05) is 54.6 Å². The van der Waals surface area contributed by atoms with Crippen molar-refractivity contribution in [1.82, 2.24) is 5.32 Å². The number of carbonyl (C=O) groups excluding carboxylic acids is 1. The molecule has 1 heterocycles. The first-order valence-corrected chi connectivity index (χ1v) is 9.13. The number of rotatable bonds is 3. The lowest BCUT2D eigenvalue weighted by Gasteiger charge is -2.05. The standard InChI is InChI=1S/C16H13NO4S2/c18-15-14(17-16(22-15)23(19,20)21)10-11-6-8-13(9-7-11)12-4-2-1-3-5-12/h1-10,16-17H,(H,19,20,21). The Morgan fingerprint density at radius 2 is 1.61 bits per heavy atom. The van der Waals surface area contributed by atoms with E-state index < -0.39 is 19.9 Å². The minimum atomic E-state index is -4.31. The summed E-state index contributed by atoms with van der Waals surface area (Å²) in [7, 11) is -4.31. The van der Waals surface area contributed by atoms with Crippen molar-refractivity contribution < 1.29 is 17.8 Å². The number of benzene rings is 2. The average molecular weight is 347 g/mol. The highest BCUT2D eigenvalue weighted by Gasteiger charge is 2.35. The first-order valence-electron chi connectivity index (χ1n) is 6.74. The minimum Gasteiger partial charge on any atom is -0.355 e. The molecular weight excluding hydrogens is 334 g/mol. The van der Waals surface area contributed by atoms with Crippen LogP contribution in [0.1, 0.15) is 5.56 Å². The molecule has 1 unspecified atom stereocenters. The summed E-state index contributed by atoms with van der Waals surface area (Å²) in [5, 5.41) is 2.10. The van der Waals surface area contributed by atoms with Gasteiger partial charge in [0.2, 0.25) is 9.82 Å². The summed E-state index contributed by atoms with van der Waals surface area (Å²) in [6, 6.07) is 17.4. The zero-order valence-electron chi connectivity index (χ0n) is 11.8. The van der Waals surface area contributed by atoms with E-state index in [-0.39, 0.29) is 5.70 Å². The molecule has 0 radical (unpaired) electrons. The number of hydrogen-bond acceptors (Lipinski definition) is 5. The van der Waals surface area contributed by atoms with Crippen LogP contribution in [0.25, 0.3) is 17.2 Å². The Kier molecular flexibility index (Phi) is 4.25. The van der Waals surface area contributed by atoms with E-state index >= 15 is 0 Å². The van der Waals surface area contributed by atoms with E-state index in [2.05, 4.69) is 5.32 Å². The molecule has 0 spiro atoms. The number of carbonyl (C=O) groups is 1. The van der Waals surface area contributed by atoms with Gasteiger partial charge >= 0.3 is 0 Å². The van der Waals surface area contributed by atoms with E-state index in [1.54, 1.807) is 6.08 Å². The van der Waals surface area contributed by atoms with Crippen molar-refractivity contribution in [2.75, 3.05) is 0 Å². The van der Waals surface area contributed by atoms with Gasteiger partial charge in [0.05, 0.1) is 5.70 Å². The summed E-state index contributed by atoms with van der Waals surface area (Å²) in [6.07, 6.45) is 1.56. The zero-order valence-corrected chi connectivity index (χ0v) is 13.5.